The van der Waals surface area contributed by atoms with Crippen LogP contribution in [-0.2, 0) is 4.74 Å². The van der Waals surface area contributed by atoms with E-state index in [9.17, 15) is 0 Å². The summed E-state index contributed by atoms with van der Waals surface area (Å²) in [5, 5.41) is 3.39. The van der Waals surface area contributed by atoms with Gasteiger partial charge in [0, 0.05) is 13.1 Å². The third-order valence-corrected chi connectivity index (χ3v) is 2.74. The smallest absolute Gasteiger partial charge is 0.0817 e. The number of nitrogens with one attached hydrogen (secondary N) is 1. The molecule has 2 rings (SSSR count). The van der Waals surface area contributed by atoms with E-state index in [1.165, 1.54) is 12.8 Å². The molecule has 1 aliphatic heterocycles. The van der Waals surface area contributed by atoms with Gasteiger partial charge in [-0.15, -0.1) is 0 Å². The SMILES string of the molecule is CC1(C)CC2(CNCCO2)C1. The van der Waals surface area contributed by atoms with Crippen molar-refractivity contribution in [2.24, 2.45) is 5.41 Å². The number of rotatable bonds is 0. The van der Waals surface area contributed by atoms with Crippen LogP contribution < -0.4 is 5.32 Å². The van der Waals surface area contributed by atoms with E-state index < -0.39 is 0 Å². The molecule has 0 unspecified atom stereocenters. The van der Waals surface area contributed by atoms with Gasteiger partial charge in [-0.05, 0) is 18.3 Å². The number of hydrogen-bond donors (Lipinski definition) is 1. The lowest BCUT2D eigenvalue weighted by Gasteiger charge is -2.54. The average Bonchev–Trinajstić information content (AvgIpc) is 1.85. The zero-order valence-electron chi connectivity index (χ0n) is 7.44. The Bertz CT molecular complexity index is 149. The summed E-state index contributed by atoms with van der Waals surface area (Å²) in [6.45, 7) is 7.63. The third-order valence-electron chi connectivity index (χ3n) is 2.74. The molecule has 0 aromatic carbocycles. The monoisotopic (exact) mass is 155 g/mol. The molecule has 0 aromatic rings. The van der Waals surface area contributed by atoms with E-state index >= 15 is 0 Å². The summed E-state index contributed by atoms with van der Waals surface area (Å²) in [4.78, 5) is 0. The third kappa shape index (κ3) is 1.30. The average molecular weight is 155 g/mol. The second kappa shape index (κ2) is 2.20. The van der Waals surface area contributed by atoms with Crippen LogP contribution in [0.15, 0.2) is 0 Å². The van der Waals surface area contributed by atoms with Crippen LogP contribution in [0.5, 0.6) is 0 Å². The molecule has 0 radical (unpaired) electrons. The predicted octanol–water partition coefficient (Wildman–Crippen LogP) is 1.17. The molecule has 2 nitrogen and oxygen atoms in total. The minimum absolute atomic E-state index is 0.224. The van der Waals surface area contributed by atoms with Crippen LogP contribution in [0.2, 0.25) is 0 Å². The highest BCUT2D eigenvalue weighted by atomic mass is 16.5. The van der Waals surface area contributed by atoms with Crippen LogP contribution >= 0.6 is 0 Å². The summed E-state index contributed by atoms with van der Waals surface area (Å²) in [6, 6.07) is 0. The number of hydrogen-bond acceptors (Lipinski definition) is 2. The van der Waals surface area contributed by atoms with Gasteiger partial charge in [0.1, 0.15) is 0 Å². The van der Waals surface area contributed by atoms with Crippen molar-refractivity contribution in [3.63, 3.8) is 0 Å². The first-order valence-electron chi connectivity index (χ1n) is 4.47. The van der Waals surface area contributed by atoms with E-state index in [0.29, 0.717) is 5.41 Å². The Labute approximate surface area is 68.3 Å². The van der Waals surface area contributed by atoms with Gasteiger partial charge in [0.05, 0.1) is 12.2 Å². The molecule has 64 valence electrons. The van der Waals surface area contributed by atoms with Crippen LogP contribution in [0, 0.1) is 5.41 Å². The van der Waals surface area contributed by atoms with Crippen molar-refractivity contribution >= 4 is 0 Å². The Morgan fingerprint density at radius 1 is 1.27 bits per heavy atom. The Morgan fingerprint density at radius 2 is 2.00 bits per heavy atom. The highest BCUT2D eigenvalue weighted by molar-refractivity contribution is 5.03. The largest absolute Gasteiger partial charge is 0.372 e. The first kappa shape index (κ1) is 7.56. The molecule has 11 heavy (non-hydrogen) atoms. The van der Waals surface area contributed by atoms with Crippen LogP contribution in [0.3, 0.4) is 0 Å². The molecule has 1 spiro atoms. The molecule has 1 N–H and O–H groups in total. The molecule has 0 bridgehead atoms. The first-order valence-corrected chi connectivity index (χ1v) is 4.47. The maximum Gasteiger partial charge on any atom is 0.0817 e. The van der Waals surface area contributed by atoms with Crippen molar-refractivity contribution < 1.29 is 4.74 Å². The highest BCUT2D eigenvalue weighted by Gasteiger charge is 2.50. The standard InChI is InChI=1S/C9H17NO/c1-8(2)5-9(6-8)7-10-3-4-11-9/h10H,3-7H2,1-2H3. The summed E-state index contributed by atoms with van der Waals surface area (Å²) in [7, 11) is 0. The van der Waals surface area contributed by atoms with E-state index in [4.69, 9.17) is 4.74 Å². The molecule has 0 amide bonds. The maximum atomic E-state index is 5.77. The molecule has 2 aliphatic rings. The van der Waals surface area contributed by atoms with E-state index in [0.717, 1.165) is 19.7 Å². The molecule has 1 aliphatic carbocycles. The quantitative estimate of drug-likeness (QED) is 0.567. The van der Waals surface area contributed by atoms with Crippen molar-refractivity contribution in [3.05, 3.63) is 0 Å². The lowest BCUT2D eigenvalue weighted by atomic mass is 9.61. The van der Waals surface area contributed by atoms with Crippen LogP contribution in [0.4, 0.5) is 0 Å². The van der Waals surface area contributed by atoms with E-state index in [2.05, 4.69) is 19.2 Å². The van der Waals surface area contributed by atoms with Gasteiger partial charge in [-0.3, -0.25) is 0 Å². The zero-order chi connectivity index (χ0) is 7.95. The highest BCUT2D eigenvalue weighted by Crippen LogP contribution is 2.50. The number of morpholine rings is 1. The van der Waals surface area contributed by atoms with Gasteiger partial charge >= 0.3 is 0 Å². The van der Waals surface area contributed by atoms with Gasteiger partial charge in [-0.1, -0.05) is 13.8 Å². The molecule has 2 fully saturated rings. The Hall–Kier alpha value is -0.0800. The van der Waals surface area contributed by atoms with Gasteiger partial charge in [0.2, 0.25) is 0 Å². The lowest BCUT2D eigenvalue weighted by Crippen LogP contribution is -2.60. The normalized spacial score (nSPS) is 33.3. The van der Waals surface area contributed by atoms with Crippen molar-refractivity contribution in [1.29, 1.82) is 0 Å². The minimum atomic E-state index is 0.224. The molecular formula is C9H17NO. The molecular weight excluding hydrogens is 138 g/mol. The summed E-state index contributed by atoms with van der Waals surface area (Å²) in [5.41, 5.74) is 0.751. The second-order valence-corrected chi connectivity index (χ2v) is 4.73. The molecule has 1 heterocycles. The fraction of sp³-hybridized carbons (Fsp3) is 1.00. The van der Waals surface area contributed by atoms with Crippen molar-refractivity contribution in [2.75, 3.05) is 19.7 Å². The lowest BCUT2D eigenvalue weighted by molar-refractivity contribution is -0.169. The molecule has 0 atom stereocenters. The molecule has 1 saturated heterocycles. The summed E-state index contributed by atoms with van der Waals surface area (Å²) in [6.07, 6.45) is 2.46. The Balaban J connectivity index is 1.94. The summed E-state index contributed by atoms with van der Waals surface area (Å²) in [5.74, 6) is 0. The van der Waals surface area contributed by atoms with Crippen LogP contribution in [0.1, 0.15) is 26.7 Å². The van der Waals surface area contributed by atoms with Crippen LogP contribution in [-0.4, -0.2) is 25.3 Å². The van der Waals surface area contributed by atoms with Gasteiger partial charge in [-0.25, -0.2) is 0 Å². The first-order chi connectivity index (χ1) is 5.12. The second-order valence-electron chi connectivity index (χ2n) is 4.73. The molecule has 2 heteroatoms. The molecule has 1 saturated carbocycles. The van der Waals surface area contributed by atoms with Gasteiger partial charge in [-0.2, -0.15) is 0 Å². The van der Waals surface area contributed by atoms with E-state index in [-0.39, 0.29) is 5.60 Å². The Morgan fingerprint density at radius 3 is 2.45 bits per heavy atom. The topological polar surface area (TPSA) is 21.3 Å². The van der Waals surface area contributed by atoms with E-state index in [1.807, 2.05) is 0 Å². The minimum Gasteiger partial charge on any atom is -0.372 e. The van der Waals surface area contributed by atoms with E-state index in [1.54, 1.807) is 0 Å². The van der Waals surface area contributed by atoms with Gasteiger partial charge < -0.3 is 10.1 Å². The van der Waals surface area contributed by atoms with Crippen LogP contribution in [0.25, 0.3) is 0 Å². The van der Waals surface area contributed by atoms with Gasteiger partial charge in [0.25, 0.3) is 0 Å². The predicted molar refractivity (Wildman–Crippen MR) is 44.6 cm³/mol. The van der Waals surface area contributed by atoms with Crippen molar-refractivity contribution in [2.45, 2.75) is 32.3 Å². The zero-order valence-corrected chi connectivity index (χ0v) is 7.44. The maximum absolute atomic E-state index is 5.77. The summed E-state index contributed by atoms with van der Waals surface area (Å²) < 4.78 is 5.77. The fourth-order valence-electron chi connectivity index (χ4n) is 2.63. The van der Waals surface area contributed by atoms with Gasteiger partial charge in [0.15, 0.2) is 0 Å². The number of ether oxygens (including phenoxy) is 1. The fourth-order valence-corrected chi connectivity index (χ4v) is 2.63. The van der Waals surface area contributed by atoms with Crippen molar-refractivity contribution in [1.82, 2.24) is 5.32 Å². The molecule has 0 aromatic heterocycles. The summed E-state index contributed by atoms with van der Waals surface area (Å²) >= 11 is 0. The Kier molecular flexibility index (Phi) is 1.52. The van der Waals surface area contributed by atoms with Crippen molar-refractivity contribution in [3.8, 4) is 0 Å².